The van der Waals surface area contributed by atoms with Gasteiger partial charge in [-0.25, -0.2) is 15.0 Å². The molecule has 26 heavy (non-hydrogen) atoms. The van der Waals surface area contributed by atoms with Gasteiger partial charge in [0.05, 0.1) is 24.9 Å². The number of nitrogens with one attached hydrogen (secondary N) is 1. The molecule has 0 saturated carbocycles. The fourth-order valence-corrected chi connectivity index (χ4v) is 3.48. The lowest BCUT2D eigenvalue weighted by Crippen LogP contribution is -2.46. The van der Waals surface area contributed by atoms with E-state index in [4.69, 9.17) is 0 Å². The zero-order chi connectivity index (χ0) is 18.5. The van der Waals surface area contributed by atoms with Gasteiger partial charge in [0.1, 0.15) is 0 Å². The number of aliphatic hydroxyl groups excluding tert-OH is 2. The van der Waals surface area contributed by atoms with Gasteiger partial charge in [-0.2, -0.15) is 0 Å². The van der Waals surface area contributed by atoms with Crippen molar-refractivity contribution >= 4 is 11.8 Å². The smallest absolute Gasteiger partial charge is 0.228 e. The number of aryl methyl sites for hydroxylation is 2. The summed E-state index contributed by atoms with van der Waals surface area (Å²) in [6.07, 6.45) is 5.31. The molecule has 1 fully saturated rings. The van der Waals surface area contributed by atoms with E-state index < -0.39 is 0 Å². The van der Waals surface area contributed by atoms with Gasteiger partial charge in [-0.1, -0.05) is 0 Å². The van der Waals surface area contributed by atoms with Crippen molar-refractivity contribution in [2.24, 2.45) is 0 Å². The lowest BCUT2D eigenvalue weighted by molar-refractivity contribution is 0.0546. The molecule has 2 aromatic heterocycles. The predicted octanol–water partition coefficient (Wildman–Crippen LogP) is 1.16. The van der Waals surface area contributed by atoms with Crippen molar-refractivity contribution in [1.82, 2.24) is 24.8 Å². The van der Waals surface area contributed by atoms with Gasteiger partial charge in [0.2, 0.25) is 5.95 Å². The van der Waals surface area contributed by atoms with Gasteiger partial charge in [0.15, 0.2) is 5.82 Å². The number of aliphatic hydroxyl groups is 2. The Balaban J connectivity index is 1.82. The van der Waals surface area contributed by atoms with Gasteiger partial charge < -0.3 is 15.5 Å². The molecule has 8 heteroatoms. The van der Waals surface area contributed by atoms with E-state index in [1.807, 2.05) is 19.9 Å². The van der Waals surface area contributed by atoms with Gasteiger partial charge in [0, 0.05) is 36.2 Å². The van der Waals surface area contributed by atoms with Crippen molar-refractivity contribution in [3.8, 4) is 0 Å². The summed E-state index contributed by atoms with van der Waals surface area (Å²) in [5.74, 6) is 1.35. The predicted molar refractivity (Wildman–Crippen MR) is 98.3 cm³/mol. The molecule has 1 atom stereocenters. The summed E-state index contributed by atoms with van der Waals surface area (Å²) in [7, 11) is 0. The highest BCUT2D eigenvalue weighted by molar-refractivity contribution is 5.52. The molecule has 0 radical (unpaired) electrons. The Labute approximate surface area is 153 Å². The van der Waals surface area contributed by atoms with Crippen LogP contribution in [0.25, 0.3) is 0 Å². The minimum atomic E-state index is -0.228. The van der Waals surface area contributed by atoms with E-state index in [9.17, 15) is 10.2 Å². The summed E-state index contributed by atoms with van der Waals surface area (Å²) in [6.45, 7) is 5.36. The lowest BCUT2D eigenvalue weighted by Gasteiger charge is -2.36. The normalized spacial score (nSPS) is 18.3. The van der Waals surface area contributed by atoms with Crippen molar-refractivity contribution in [3.63, 3.8) is 0 Å². The molecule has 1 aliphatic heterocycles. The summed E-state index contributed by atoms with van der Waals surface area (Å²) in [4.78, 5) is 20.0. The fourth-order valence-electron chi connectivity index (χ4n) is 3.48. The molecule has 0 aliphatic carbocycles. The molecule has 0 spiro atoms. The summed E-state index contributed by atoms with van der Waals surface area (Å²) in [5, 5.41) is 22.2. The molecule has 3 heterocycles. The first-order valence-corrected chi connectivity index (χ1v) is 8.96. The molecule has 0 aromatic carbocycles. The molecule has 0 bridgehead atoms. The van der Waals surface area contributed by atoms with E-state index in [2.05, 4.69) is 30.2 Å². The Kier molecular flexibility index (Phi) is 6.08. The first-order valence-electron chi connectivity index (χ1n) is 8.96. The highest BCUT2D eigenvalue weighted by Crippen LogP contribution is 2.30. The minimum absolute atomic E-state index is 0.0504. The van der Waals surface area contributed by atoms with Crippen LogP contribution in [0.2, 0.25) is 0 Å². The van der Waals surface area contributed by atoms with Gasteiger partial charge in [-0.3, -0.25) is 9.88 Å². The van der Waals surface area contributed by atoms with Crippen LogP contribution in [0.15, 0.2) is 18.5 Å². The summed E-state index contributed by atoms with van der Waals surface area (Å²) < 4.78 is 0. The maximum atomic E-state index is 9.48. The van der Waals surface area contributed by atoms with Gasteiger partial charge in [0.25, 0.3) is 0 Å². The molecule has 1 saturated heterocycles. The van der Waals surface area contributed by atoms with Crippen molar-refractivity contribution in [3.05, 3.63) is 35.5 Å². The number of nitrogens with zero attached hydrogens (tertiary/aromatic N) is 5. The van der Waals surface area contributed by atoms with Crippen LogP contribution in [0.5, 0.6) is 0 Å². The Morgan fingerprint density at radius 3 is 2.54 bits per heavy atom. The lowest BCUT2D eigenvalue weighted by atomic mass is 9.93. The molecular weight excluding hydrogens is 332 g/mol. The van der Waals surface area contributed by atoms with Crippen molar-refractivity contribution in [2.75, 3.05) is 31.6 Å². The second-order valence-corrected chi connectivity index (χ2v) is 6.74. The van der Waals surface area contributed by atoms with Crippen molar-refractivity contribution < 1.29 is 10.2 Å². The molecule has 8 nitrogen and oxygen atoms in total. The maximum absolute atomic E-state index is 9.48. The molecule has 3 rings (SSSR count). The van der Waals surface area contributed by atoms with E-state index in [1.165, 1.54) is 0 Å². The Hall–Kier alpha value is -2.16. The van der Waals surface area contributed by atoms with Crippen LogP contribution in [-0.4, -0.2) is 67.4 Å². The molecule has 140 valence electrons. The Bertz CT molecular complexity index is 717. The number of hydrogen-bond donors (Lipinski definition) is 3. The highest BCUT2D eigenvalue weighted by Gasteiger charge is 2.28. The first-order chi connectivity index (χ1) is 12.6. The SMILES string of the molecule is Cc1cc(C)nc(Nc2nccnc2[C@@H]2CCCN(C(CO)CO)C2)n1. The number of rotatable bonds is 6. The first kappa shape index (κ1) is 18.6. The quantitative estimate of drug-likeness (QED) is 0.706. The van der Waals surface area contributed by atoms with Gasteiger partial charge >= 0.3 is 0 Å². The average Bonchev–Trinajstić information content (AvgIpc) is 2.63. The highest BCUT2D eigenvalue weighted by atomic mass is 16.3. The Morgan fingerprint density at radius 1 is 1.15 bits per heavy atom. The van der Waals surface area contributed by atoms with Crippen LogP contribution in [0.1, 0.15) is 35.8 Å². The van der Waals surface area contributed by atoms with Crippen LogP contribution in [0.4, 0.5) is 11.8 Å². The van der Waals surface area contributed by atoms with Crippen molar-refractivity contribution in [2.45, 2.75) is 38.6 Å². The van der Waals surface area contributed by atoms with Crippen LogP contribution in [0, 0.1) is 13.8 Å². The van der Waals surface area contributed by atoms with Gasteiger partial charge in [-0.05, 0) is 39.3 Å². The van der Waals surface area contributed by atoms with Crippen molar-refractivity contribution in [1.29, 1.82) is 0 Å². The van der Waals surface area contributed by atoms with E-state index >= 15 is 0 Å². The third-order valence-electron chi connectivity index (χ3n) is 4.72. The number of piperidine rings is 1. The fraction of sp³-hybridized carbons (Fsp3) is 0.556. The minimum Gasteiger partial charge on any atom is -0.395 e. The maximum Gasteiger partial charge on any atom is 0.228 e. The van der Waals surface area contributed by atoms with E-state index in [1.54, 1.807) is 12.4 Å². The molecule has 1 aliphatic rings. The molecule has 0 amide bonds. The second kappa shape index (κ2) is 8.48. The topological polar surface area (TPSA) is 107 Å². The zero-order valence-electron chi connectivity index (χ0n) is 15.3. The standard InChI is InChI=1S/C18H26N6O2/c1-12-8-13(2)22-18(21-12)23-17-16(19-5-6-20-17)14-4-3-7-24(9-14)15(10-25)11-26/h5-6,8,14-15,25-26H,3-4,7,9-11H2,1-2H3,(H,20,21,22,23)/t14-/m1/s1. The largest absolute Gasteiger partial charge is 0.395 e. The van der Waals surface area contributed by atoms with Crippen LogP contribution in [-0.2, 0) is 0 Å². The average molecular weight is 358 g/mol. The summed E-state index contributed by atoms with van der Waals surface area (Å²) in [6, 6.07) is 1.69. The number of aromatic nitrogens is 4. The van der Waals surface area contributed by atoms with Crippen LogP contribution < -0.4 is 5.32 Å². The van der Waals surface area contributed by atoms with Crippen LogP contribution in [0.3, 0.4) is 0 Å². The monoisotopic (exact) mass is 358 g/mol. The van der Waals surface area contributed by atoms with E-state index in [0.717, 1.165) is 43.0 Å². The second-order valence-electron chi connectivity index (χ2n) is 6.74. The van der Waals surface area contributed by atoms with E-state index in [-0.39, 0.29) is 25.2 Å². The summed E-state index contributed by atoms with van der Waals surface area (Å²) in [5.41, 5.74) is 2.65. The zero-order valence-corrected chi connectivity index (χ0v) is 15.3. The molecule has 3 N–H and O–H groups in total. The Morgan fingerprint density at radius 2 is 1.85 bits per heavy atom. The number of likely N-dealkylation sites (tertiary alicyclic amines) is 1. The molecular formula is C18H26N6O2. The third-order valence-corrected chi connectivity index (χ3v) is 4.72. The number of anilines is 2. The third kappa shape index (κ3) is 4.32. The van der Waals surface area contributed by atoms with Gasteiger partial charge in [-0.15, -0.1) is 0 Å². The molecule has 0 unspecified atom stereocenters. The number of hydrogen-bond acceptors (Lipinski definition) is 8. The van der Waals surface area contributed by atoms with E-state index in [0.29, 0.717) is 11.8 Å². The molecule has 2 aromatic rings. The van der Waals surface area contributed by atoms with Crippen LogP contribution >= 0.6 is 0 Å². The summed E-state index contributed by atoms with van der Waals surface area (Å²) >= 11 is 0.